The first-order valence-corrected chi connectivity index (χ1v) is 10.6. The van der Waals surface area contributed by atoms with Crippen molar-refractivity contribution in [3.8, 4) is 0 Å². The standard InChI is InChI=1S/C19H23N7OS/c27-19(14-28-13-18-22-23-24-26(18)17-8-4-5-9-17)21-16-10-20-25(12-16)11-15-6-2-1-3-7-15/h1-3,6-7,10,12,17H,4-5,8-9,11,13-14H2,(H,21,27). The molecule has 0 bridgehead atoms. The van der Waals surface area contributed by atoms with Gasteiger partial charge in [0.05, 0.1) is 36.0 Å². The highest BCUT2D eigenvalue weighted by Gasteiger charge is 2.21. The van der Waals surface area contributed by atoms with Gasteiger partial charge in [-0.05, 0) is 28.8 Å². The van der Waals surface area contributed by atoms with E-state index in [2.05, 4.69) is 38.1 Å². The summed E-state index contributed by atoms with van der Waals surface area (Å²) in [5.74, 6) is 1.77. The number of carbonyl (C=O) groups is 1. The van der Waals surface area contributed by atoms with Crippen LogP contribution in [-0.2, 0) is 17.1 Å². The quantitative estimate of drug-likeness (QED) is 0.628. The van der Waals surface area contributed by atoms with E-state index in [1.54, 1.807) is 6.20 Å². The van der Waals surface area contributed by atoms with Crippen molar-refractivity contribution in [3.05, 3.63) is 54.1 Å². The van der Waals surface area contributed by atoms with Gasteiger partial charge < -0.3 is 5.32 Å². The van der Waals surface area contributed by atoms with Gasteiger partial charge in [0.2, 0.25) is 5.91 Å². The van der Waals surface area contributed by atoms with E-state index in [0.29, 0.717) is 29.8 Å². The molecule has 0 unspecified atom stereocenters. The lowest BCUT2D eigenvalue weighted by Gasteiger charge is -2.10. The molecule has 4 rings (SSSR count). The Hall–Kier alpha value is -2.68. The molecule has 0 saturated heterocycles. The molecule has 2 heterocycles. The summed E-state index contributed by atoms with van der Waals surface area (Å²) in [4.78, 5) is 12.2. The highest BCUT2D eigenvalue weighted by Crippen LogP contribution is 2.29. The van der Waals surface area contributed by atoms with Crippen molar-refractivity contribution in [3.63, 3.8) is 0 Å². The lowest BCUT2D eigenvalue weighted by molar-refractivity contribution is -0.113. The molecular formula is C19H23N7OS. The van der Waals surface area contributed by atoms with Gasteiger partial charge in [0.1, 0.15) is 0 Å². The van der Waals surface area contributed by atoms with Crippen molar-refractivity contribution in [1.82, 2.24) is 30.0 Å². The van der Waals surface area contributed by atoms with Crippen LogP contribution in [0.5, 0.6) is 0 Å². The Morgan fingerprint density at radius 1 is 1.21 bits per heavy atom. The molecule has 28 heavy (non-hydrogen) atoms. The second kappa shape index (κ2) is 9.01. The molecule has 1 aliphatic carbocycles. The van der Waals surface area contributed by atoms with Crippen LogP contribution in [0.1, 0.15) is 43.1 Å². The van der Waals surface area contributed by atoms with Crippen LogP contribution in [-0.4, -0.2) is 41.6 Å². The van der Waals surface area contributed by atoms with Gasteiger partial charge in [0, 0.05) is 6.20 Å². The average Bonchev–Trinajstić information content (AvgIpc) is 3.44. The predicted molar refractivity (Wildman–Crippen MR) is 108 cm³/mol. The van der Waals surface area contributed by atoms with Crippen molar-refractivity contribution in [2.24, 2.45) is 0 Å². The number of hydrogen-bond donors (Lipinski definition) is 1. The summed E-state index contributed by atoms with van der Waals surface area (Å²) in [6.45, 7) is 0.676. The molecule has 1 N–H and O–H groups in total. The molecule has 3 aromatic rings. The second-order valence-electron chi connectivity index (χ2n) is 6.93. The minimum atomic E-state index is -0.0517. The Labute approximate surface area is 167 Å². The maximum Gasteiger partial charge on any atom is 0.234 e. The van der Waals surface area contributed by atoms with E-state index in [0.717, 1.165) is 18.7 Å². The number of aromatic nitrogens is 6. The molecule has 0 spiro atoms. The van der Waals surface area contributed by atoms with E-state index >= 15 is 0 Å². The van der Waals surface area contributed by atoms with Crippen molar-refractivity contribution in [2.45, 2.75) is 44.0 Å². The molecule has 8 nitrogen and oxygen atoms in total. The largest absolute Gasteiger partial charge is 0.323 e. The Morgan fingerprint density at radius 2 is 2.04 bits per heavy atom. The van der Waals surface area contributed by atoms with Crippen LogP contribution >= 0.6 is 11.8 Å². The van der Waals surface area contributed by atoms with Crippen LogP contribution in [0.15, 0.2) is 42.7 Å². The Kier molecular flexibility index (Phi) is 6.01. The van der Waals surface area contributed by atoms with E-state index in [9.17, 15) is 4.79 Å². The molecule has 1 aromatic carbocycles. The second-order valence-corrected chi connectivity index (χ2v) is 7.92. The van der Waals surface area contributed by atoms with E-state index in [-0.39, 0.29) is 5.91 Å². The Bertz CT molecular complexity index is 902. The van der Waals surface area contributed by atoms with Gasteiger partial charge >= 0.3 is 0 Å². The molecule has 2 aromatic heterocycles. The first-order chi connectivity index (χ1) is 13.8. The smallest absolute Gasteiger partial charge is 0.234 e. The molecule has 0 radical (unpaired) electrons. The number of nitrogens with one attached hydrogen (secondary N) is 1. The van der Waals surface area contributed by atoms with Crippen LogP contribution in [0.2, 0.25) is 0 Å². The topological polar surface area (TPSA) is 90.5 Å². The van der Waals surface area contributed by atoms with E-state index in [1.165, 1.54) is 30.2 Å². The summed E-state index contributed by atoms with van der Waals surface area (Å²) in [6, 6.07) is 10.5. The third-order valence-corrected chi connectivity index (χ3v) is 5.73. The first kappa shape index (κ1) is 18.7. The maximum atomic E-state index is 12.2. The number of hydrogen-bond acceptors (Lipinski definition) is 6. The number of thioether (sulfide) groups is 1. The fourth-order valence-corrected chi connectivity index (χ4v) is 4.19. The molecule has 1 aliphatic rings. The SMILES string of the molecule is O=C(CSCc1nnnn1C1CCCC1)Nc1cnn(Cc2ccccc2)c1. The number of tetrazole rings is 1. The summed E-state index contributed by atoms with van der Waals surface area (Å²) in [5.41, 5.74) is 1.87. The highest BCUT2D eigenvalue weighted by molar-refractivity contribution is 7.99. The summed E-state index contributed by atoms with van der Waals surface area (Å²) in [5, 5.41) is 19.3. The summed E-state index contributed by atoms with van der Waals surface area (Å²) >= 11 is 1.52. The molecular weight excluding hydrogens is 374 g/mol. The van der Waals surface area contributed by atoms with Gasteiger partial charge in [-0.15, -0.1) is 16.9 Å². The zero-order valence-corrected chi connectivity index (χ0v) is 16.4. The minimum absolute atomic E-state index is 0.0517. The van der Waals surface area contributed by atoms with Crippen LogP contribution in [0.25, 0.3) is 0 Å². The molecule has 1 amide bonds. The number of nitrogens with zero attached hydrogens (tertiary/aromatic N) is 6. The normalized spacial score (nSPS) is 14.4. The summed E-state index contributed by atoms with van der Waals surface area (Å²) < 4.78 is 3.75. The molecule has 0 atom stereocenters. The Balaban J connectivity index is 1.24. The van der Waals surface area contributed by atoms with Crippen molar-refractivity contribution < 1.29 is 4.79 Å². The number of anilines is 1. The van der Waals surface area contributed by atoms with Crippen molar-refractivity contribution >= 4 is 23.4 Å². The lowest BCUT2D eigenvalue weighted by atomic mass is 10.2. The minimum Gasteiger partial charge on any atom is -0.323 e. The number of benzene rings is 1. The van der Waals surface area contributed by atoms with Crippen LogP contribution < -0.4 is 5.32 Å². The van der Waals surface area contributed by atoms with Crippen LogP contribution in [0, 0.1) is 0 Å². The van der Waals surface area contributed by atoms with Crippen molar-refractivity contribution in [2.75, 3.05) is 11.1 Å². The van der Waals surface area contributed by atoms with E-state index < -0.39 is 0 Å². The van der Waals surface area contributed by atoms with Gasteiger partial charge in [-0.25, -0.2) is 4.68 Å². The average molecular weight is 398 g/mol. The highest BCUT2D eigenvalue weighted by atomic mass is 32.2. The third-order valence-electron chi connectivity index (χ3n) is 4.80. The molecule has 0 aliphatic heterocycles. The maximum absolute atomic E-state index is 12.2. The van der Waals surface area contributed by atoms with Gasteiger partial charge in [0.15, 0.2) is 5.82 Å². The number of amides is 1. The molecule has 9 heteroatoms. The van der Waals surface area contributed by atoms with Gasteiger partial charge in [-0.3, -0.25) is 9.48 Å². The van der Waals surface area contributed by atoms with E-state index in [4.69, 9.17) is 0 Å². The first-order valence-electron chi connectivity index (χ1n) is 9.48. The fraction of sp³-hybridized carbons (Fsp3) is 0.421. The number of carbonyl (C=O) groups excluding carboxylic acids is 1. The Morgan fingerprint density at radius 3 is 2.86 bits per heavy atom. The lowest BCUT2D eigenvalue weighted by Crippen LogP contribution is -2.15. The number of rotatable bonds is 8. The summed E-state index contributed by atoms with van der Waals surface area (Å²) in [6.07, 6.45) is 8.25. The molecule has 1 saturated carbocycles. The van der Waals surface area contributed by atoms with Gasteiger partial charge in [0.25, 0.3) is 0 Å². The van der Waals surface area contributed by atoms with Crippen LogP contribution in [0.3, 0.4) is 0 Å². The molecule has 1 fully saturated rings. The monoisotopic (exact) mass is 397 g/mol. The van der Waals surface area contributed by atoms with Gasteiger partial charge in [-0.2, -0.15) is 5.10 Å². The zero-order chi connectivity index (χ0) is 19.2. The summed E-state index contributed by atoms with van der Waals surface area (Å²) in [7, 11) is 0. The fourth-order valence-electron chi connectivity index (χ4n) is 3.46. The van der Waals surface area contributed by atoms with Crippen LogP contribution in [0.4, 0.5) is 5.69 Å². The van der Waals surface area contributed by atoms with Crippen molar-refractivity contribution in [1.29, 1.82) is 0 Å². The third kappa shape index (κ3) is 4.78. The predicted octanol–water partition coefficient (Wildman–Crippen LogP) is 2.90. The van der Waals surface area contributed by atoms with E-state index in [1.807, 2.05) is 33.8 Å². The molecule has 146 valence electrons. The zero-order valence-electron chi connectivity index (χ0n) is 15.6. The van der Waals surface area contributed by atoms with Gasteiger partial charge in [-0.1, -0.05) is 43.2 Å².